The largest absolute Gasteiger partial charge is 0.369 e. The molecule has 0 N–H and O–H groups in total. The second kappa shape index (κ2) is 4.19. The SMILES string of the molecule is CC(C)(C)OC1(C)CC1(C)C(C)(C)CC(=O)I. The van der Waals surface area contributed by atoms with Crippen molar-refractivity contribution in [2.24, 2.45) is 10.8 Å². The summed E-state index contributed by atoms with van der Waals surface area (Å²) in [7, 11) is 0. The van der Waals surface area contributed by atoms with E-state index in [0.29, 0.717) is 6.42 Å². The summed E-state index contributed by atoms with van der Waals surface area (Å²) in [4.78, 5) is 11.4. The van der Waals surface area contributed by atoms with Gasteiger partial charge in [0.05, 0.1) is 11.2 Å². The Morgan fingerprint density at radius 1 is 1.24 bits per heavy atom. The molecule has 2 atom stereocenters. The van der Waals surface area contributed by atoms with Crippen molar-refractivity contribution in [3.05, 3.63) is 0 Å². The summed E-state index contributed by atoms with van der Waals surface area (Å²) < 4.78 is 6.44. The number of hydrogen-bond donors (Lipinski definition) is 0. The van der Waals surface area contributed by atoms with Gasteiger partial charge in [-0.25, -0.2) is 0 Å². The lowest BCUT2D eigenvalue weighted by Gasteiger charge is -2.37. The van der Waals surface area contributed by atoms with Gasteiger partial charge in [0, 0.05) is 11.8 Å². The van der Waals surface area contributed by atoms with Gasteiger partial charge in [-0.15, -0.1) is 0 Å². The summed E-state index contributed by atoms with van der Waals surface area (Å²) in [6.07, 6.45) is 1.65. The van der Waals surface area contributed by atoms with Crippen LogP contribution in [-0.4, -0.2) is 15.0 Å². The number of halogens is 1. The molecular formula is C14H25IO2. The van der Waals surface area contributed by atoms with Crippen LogP contribution in [0.25, 0.3) is 0 Å². The summed E-state index contributed by atoms with van der Waals surface area (Å²) in [5, 5.41) is 0. The van der Waals surface area contributed by atoms with Gasteiger partial charge in [0.1, 0.15) is 0 Å². The molecule has 0 spiro atoms. The number of carbonyl (C=O) groups excluding carboxylic acids is 1. The van der Waals surface area contributed by atoms with Crippen LogP contribution in [0.15, 0.2) is 0 Å². The van der Waals surface area contributed by atoms with Gasteiger partial charge in [0.2, 0.25) is 0 Å². The molecule has 1 fully saturated rings. The zero-order chi connectivity index (χ0) is 13.7. The number of hydrogen-bond acceptors (Lipinski definition) is 2. The zero-order valence-corrected chi connectivity index (χ0v) is 14.3. The smallest absolute Gasteiger partial charge is 0.192 e. The van der Waals surface area contributed by atoms with Crippen molar-refractivity contribution in [1.82, 2.24) is 0 Å². The van der Waals surface area contributed by atoms with E-state index in [0.717, 1.165) is 6.42 Å². The first-order valence-electron chi connectivity index (χ1n) is 6.22. The third-order valence-corrected chi connectivity index (χ3v) is 4.72. The quantitative estimate of drug-likeness (QED) is 0.556. The molecule has 1 aliphatic carbocycles. The van der Waals surface area contributed by atoms with Gasteiger partial charge < -0.3 is 4.74 Å². The zero-order valence-electron chi connectivity index (χ0n) is 12.1. The molecule has 100 valence electrons. The van der Waals surface area contributed by atoms with E-state index in [1.165, 1.54) is 0 Å². The van der Waals surface area contributed by atoms with Crippen LogP contribution >= 0.6 is 22.6 Å². The Kier molecular flexibility index (Phi) is 3.80. The van der Waals surface area contributed by atoms with Crippen molar-refractivity contribution in [2.75, 3.05) is 0 Å². The molecule has 1 aliphatic rings. The van der Waals surface area contributed by atoms with Crippen molar-refractivity contribution in [3.8, 4) is 0 Å². The third-order valence-electron chi connectivity index (χ3n) is 4.34. The van der Waals surface area contributed by atoms with Crippen LogP contribution in [0.5, 0.6) is 0 Å². The molecule has 0 aromatic rings. The Morgan fingerprint density at radius 3 is 2.06 bits per heavy atom. The second-order valence-electron chi connectivity index (χ2n) is 7.37. The molecule has 2 nitrogen and oxygen atoms in total. The Bertz CT molecular complexity index is 330. The normalized spacial score (nSPS) is 33.6. The summed E-state index contributed by atoms with van der Waals surface area (Å²) in [5.74, 6) is 0. The minimum absolute atomic E-state index is 0.00866. The van der Waals surface area contributed by atoms with Gasteiger partial charge in [-0.1, -0.05) is 20.8 Å². The molecule has 0 aromatic heterocycles. The van der Waals surface area contributed by atoms with Gasteiger partial charge in [-0.2, -0.15) is 0 Å². The van der Waals surface area contributed by atoms with Crippen LogP contribution in [0.1, 0.15) is 61.3 Å². The molecule has 17 heavy (non-hydrogen) atoms. The first-order valence-corrected chi connectivity index (χ1v) is 7.29. The van der Waals surface area contributed by atoms with E-state index >= 15 is 0 Å². The fourth-order valence-electron chi connectivity index (χ4n) is 2.95. The average molecular weight is 352 g/mol. The predicted octanol–water partition coefficient (Wildman–Crippen LogP) is 4.35. The summed E-state index contributed by atoms with van der Waals surface area (Å²) in [6, 6.07) is 0. The van der Waals surface area contributed by atoms with E-state index in [1.54, 1.807) is 0 Å². The Morgan fingerprint density at radius 2 is 1.71 bits per heavy atom. The van der Waals surface area contributed by atoms with Gasteiger partial charge in [-0.05, 0) is 62.1 Å². The molecule has 1 saturated carbocycles. The lowest BCUT2D eigenvalue weighted by molar-refractivity contribution is -0.116. The highest BCUT2D eigenvalue weighted by Crippen LogP contribution is 2.69. The van der Waals surface area contributed by atoms with E-state index in [9.17, 15) is 4.79 Å². The Labute approximate surface area is 119 Å². The highest BCUT2D eigenvalue weighted by molar-refractivity contribution is 14.1. The molecule has 0 heterocycles. The molecule has 3 heteroatoms. The van der Waals surface area contributed by atoms with Crippen LogP contribution in [-0.2, 0) is 9.53 Å². The minimum Gasteiger partial charge on any atom is -0.369 e. The minimum atomic E-state index is -0.128. The van der Waals surface area contributed by atoms with E-state index in [-0.39, 0.29) is 25.8 Å². The van der Waals surface area contributed by atoms with Crippen LogP contribution in [0.3, 0.4) is 0 Å². The maximum atomic E-state index is 11.4. The number of rotatable bonds is 4. The summed E-state index contributed by atoms with van der Waals surface area (Å²) >= 11 is 1.90. The molecule has 0 amide bonds. The van der Waals surface area contributed by atoms with E-state index in [2.05, 4.69) is 48.5 Å². The molecule has 0 radical (unpaired) electrons. The van der Waals surface area contributed by atoms with Crippen molar-refractivity contribution < 1.29 is 9.53 Å². The van der Waals surface area contributed by atoms with E-state index < -0.39 is 0 Å². The third kappa shape index (κ3) is 3.03. The molecular weight excluding hydrogens is 327 g/mol. The highest BCUT2D eigenvalue weighted by Gasteiger charge is 2.69. The van der Waals surface area contributed by atoms with Crippen LogP contribution in [0, 0.1) is 10.8 Å². The molecule has 0 aliphatic heterocycles. The van der Waals surface area contributed by atoms with Gasteiger partial charge in [-0.3, -0.25) is 4.79 Å². The number of ether oxygens (including phenoxy) is 1. The van der Waals surface area contributed by atoms with Crippen molar-refractivity contribution in [3.63, 3.8) is 0 Å². The average Bonchev–Trinajstić information content (AvgIpc) is 2.47. The lowest BCUT2D eigenvalue weighted by atomic mass is 9.73. The highest BCUT2D eigenvalue weighted by atomic mass is 127. The van der Waals surface area contributed by atoms with Crippen LogP contribution in [0.4, 0.5) is 0 Å². The Balaban J connectivity index is 2.84. The number of carbonyl (C=O) groups is 1. The van der Waals surface area contributed by atoms with Crippen LogP contribution in [0.2, 0.25) is 0 Å². The van der Waals surface area contributed by atoms with Gasteiger partial charge in [0.25, 0.3) is 0 Å². The molecule has 2 unspecified atom stereocenters. The monoisotopic (exact) mass is 352 g/mol. The summed E-state index contributed by atoms with van der Waals surface area (Å²) in [6.45, 7) is 15.1. The lowest BCUT2D eigenvalue weighted by Crippen LogP contribution is -2.37. The molecule has 0 aromatic carbocycles. The van der Waals surface area contributed by atoms with Crippen molar-refractivity contribution in [1.29, 1.82) is 0 Å². The van der Waals surface area contributed by atoms with Crippen LogP contribution < -0.4 is 0 Å². The molecule has 0 bridgehead atoms. The Hall–Kier alpha value is 0.360. The first-order chi connectivity index (χ1) is 7.33. The van der Waals surface area contributed by atoms with Crippen molar-refractivity contribution in [2.45, 2.75) is 72.5 Å². The second-order valence-corrected chi connectivity index (χ2v) is 8.57. The standard InChI is InChI=1S/C14H25IO2/c1-11(2,3)17-14(7)9-13(14,6)12(4,5)8-10(15)16/h8-9H2,1-7H3. The summed E-state index contributed by atoms with van der Waals surface area (Å²) in [5.41, 5.74) is -0.142. The van der Waals surface area contributed by atoms with E-state index in [4.69, 9.17) is 4.74 Å². The fraction of sp³-hybridized carbons (Fsp3) is 0.929. The van der Waals surface area contributed by atoms with E-state index in [1.807, 2.05) is 22.6 Å². The molecule has 1 rings (SSSR count). The van der Waals surface area contributed by atoms with Gasteiger partial charge >= 0.3 is 0 Å². The first kappa shape index (κ1) is 15.4. The van der Waals surface area contributed by atoms with Gasteiger partial charge in [0.15, 0.2) is 3.79 Å². The fourth-order valence-corrected chi connectivity index (χ4v) is 3.91. The maximum Gasteiger partial charge on any atom is 0.192 e. The molecule has 0 saturated heterocycles. The topological polar surface area (TPSA) is 26.3 Å². The van der Waals surface area contributed by atoms with Crippen molar-refractivity contribution >= 4 is 26.4 Å². The predicted molar refractivity (Wildman–Crippen MR) is 79.4 cm³/mol. The maximum absolute atomic E-state index is 11.4.